The lowest BCUT2D eigenvalue weighted by atomic mass is 10.1. The Morgan fingerprint density at radius 1 is 1.00 bits per heavy atom. The molecular weight excluding hydrogens is 487 g/mol. The van der Waals surface area contributed by atoms with Crippen LogP contribution in [0.1, 0.15) is 38.7 Å². The van der Waals surface area contributed by atoms with Gasteiger partial charge in [-0.3, -0.25) is 14.6 Å². The number of carbonyl (C=O) groups is 2. The van der Waals surface area contributed by atoms with E-state index in [0.717, 1.165) is 29.8 Å². The van der Waals surface area contributed by atoms with Crippen LogP contribution in [0.25, 0.3) is 0 Å². The molecule has 2 saturated heterocycles. The molecule has 1 aromatic rings. The Bertz CT molecular complexity index is 1050. The Balaban J connectivity index is 1.33. The van der Waals surface area contributed by atoms with Gasteiger partial charge in [-0.25, -0.2) is 0 Å². The van der Waals surface area contributed by atoms with Crippen molar-refractivity contribution >= 4 is 23.2 Å². The number of carbonyl (C=O) groups excluding carboxylic acids is 2. The first-order chi connectivity index (χ1) is 17.5. The van der Waals surface area contributed by atoms with Gasteiger partial charge in [0.15, 0.2) is 0 Å². The summed E-state index contributed by atoms with van der Waals surface area (Å²) in [5.74, 6) is -0.330. The molecule has 3 fully saturated rings. The Morgan fingerprint density at radius 2 is 1.62 bits per heavy atom. The van der Waals surface area contributed by atoms with Crippen LogP contribution < -0.4 is 10.6 Å². The molecule has 0 bridgehead atoms. The average molecular weight is 522 g/mol. The number of anilines is 1. The van der Waals surface area contributed by atoms with Crippen molar-refractivity contribution in [1.29, 1.82) is 0 Å². The fourth-order valence-electron chi connectivity index (χ4n) is 5.17. The van der Waals surface area contributed by atoms with Crippen molar-refractivity contribution in [2.75, 3.05) is 50.7 Å². The minimum Gasteiger partial charge on any atom is -0.394 e. The second-order valence-corrected chi connectivity index (χ2v) is 9.89. The molecule has 2 aliphatic heterocycles. The molecule has 0 radical (unpaired) electrons. The summed E-state index contributed by atoms with van der Waals surface area (Å²) in [5, 5.41) is 0. The lowest BCUT2D eigenvalue weighted by molar-refractivity contribution is -0.139. The zero-order valence-electron chi connectivity index (χ0n) is 21.3. The Morgan fingerprint density at radius 3 is 2.22 bits per heavy atom. The van der Waals surface area contributed by atoms with Crippen LogP contribution in [0.5, 0.6) is 0 Å². The van der Waals surface area contributed by atoms with E-state index in [-0.39, 0.29) is 36.3 Å². The molecule has 2 atom stereocenters. The molecule has 2 heterocycles. The van der Waals surface area contributed by atoms with Crippen LogP contribution >= 0.6 is 0 Å². The maximum Gasteiger partial charge on any atom is 0.416 e. The number of hydrogen-bond donors (Lipinski definition) is 1. The molecule has 0 unspecified atom stereocenters. The molecule has 2 N–H and O–H groups in total. The van der Waals surface area contributed by atoms with Gasteiger partial charge >= 0.3 is 6.18 Å². The summed E-state index contributed by atoms with van der Waals surface area (Å²) in [4.78, 5) is 35.8. The molecule has 8 nitrogen and oxygen atoms in total. The summed E-state index contributed by atoms with van der Waals surface area (Å²) in [7, 11) is 0. The van der Waals surface area contributed by atoms with Gasteiger partial charge in [0.05, 0.1) is 17.8 Å². The Labute approximate surface area is 214 Å². The van der Waals surface area contributed by atoms with E-state index < -0.39 is 11.7 Å². The molecule has 1 aromatic carbocycles. The number of amides is 2. The number of alkyl halides is 3. The summed E-state index contributed by atoms with van der Waals surface area (Å²) in [5.41, 5.74) is 7.97. The van der Waals surface area contributed by atoms with Crippen LogP contribution in [-0.4, -0.2) is 85.3 Å². The number of rotatable bonds is 4. The first kappa shape index (κ1) is 27.0. The molecule has 37 heavy (non-hydrogen) atoms. The number of halogens is 3. The first-order valence-corrected chi connectivity index (χ1v) is 12.7. The molecule has 202 valence electrons. The fourth-order valence-corrected chi connectivity index (χ4v) is 5.17. The van der Waals surface area contributed by atoms with E-state index in [1.54, 1.807) is 9.80 Å². The number of nitrogens with zero attached hydrogens (tertiary/aromatic N) is 4. The first-order valence-electron chi connectivity index (χ1n) is 12.7. The highest BCUT2D eigenvalue weighted by Gasteiger charge is 2.31. The highest BCUT2D eigenvalue weighted by atomic mass is 19.4. The highest BCUT2D eigenvalue weighted by molar-refractivity contribution is 6.09. The number of piperazine rings is 1. The van der Waals surface area contributed by atoms with Crippen LogP contribution in [0.4, 0.5) is 18.9 Å². The largest absolute Gasteiger partial charge is 0.416 e. The van der Waals surface area contributed by atoms with Gasteiger partial charge in [-0.2, -0.15) is 13.2 Å². The minimum absolute atomic E-state index is 0.0216. The highest BCUT2D eigenvalue weighted by Crippen LogP contribution is 2.31. The number of benzene rings is 1. The molecule has 3 aliphatic rings. The number of nitrogens with two attached hydrogens (primary N) is 1. The number of hydrogen-bond acceptors (Lipinski definition) is 6. The van der Waals surface area contributed by atoms with Crippen molar-refractivity contribution in [2.24, 2.45) is 10.7 Å². The van der Waals surface area contributed by atoms with Gasteiger partial charge in [-0.15, -0.1) is 0 Å². The van der Waals surface area contributed by atoms with E-state index >= 15 is 0 Å². The van der Waals surface area contributed by atoms with Crippen LogP contribution in [0.3, 0.4) is 0 Å². The minimum atomic E-state index is -4.36. The molecule has 1 saturated carbocycles. The van der Waals surface area contributed by atoms with Crippen molar-refractivity contribution in [1.82, 2.24) is 9.80 Å². The van der Waals surface area contributed by atoms with Gasteiger partial charge in [-0.1, -0.05) is 0 Å². The molecule has 2 amide bonds. The van der Waals surface area contributed by atoms with Crippen molar-refractivity contribution in [3.05, 3.63) is 41.1 Å². The van der Waals surface area contributed by atoms with E-state index in [4.69, 9.17) is 10.5 Å². The number of allylic oxidation sites excluding steroid dienone is 1. The monoisotopic (exact) mass is 521 g/mol. The SMILES string of the molecule is C[C@@H]1CN(C(=O)/C(N)=C2\CCCC2=NCC(=O)N2CCN(c3ccc(C(F)(F)F)cc3)CC2)C[C@H](C)O1. The Hall–Kier alpha value is -3.08. The van der Waals surface area contributed by atoms with Crippen molar-refractivity contribution in [2.45, 2.75) is 51.5 Å². The lowest BCUT2D eigenvalue weighted by Crippen LogP contribution is -2.49. The second-order valence-electron chi connectivity index (χ2n) is 9.89. The quantitative estimate of drug-likeness (QED) is 0.616. The fraction of sp³-hybridized carbons (Fsp3) is 0.577. The number of ether oxygens (including phenoxy) is 1. The number of morpholine rings is 1. The van der Waals surface area contributed by atoms with E-state index in [1.807, 2.05) is 18.7 Å². The summed E-state index contributed by atoms with van der Waals surface area (Å²) in [6, 6.07) is 5.08. The zero-order chi connectivity index (χ0) is 26.7. The van der Waals surface area contributed by atoms with Gasteiger partial charge in [0.25, 0.3) is 5.91 Å². The summed E-state index contributed by atoms with van der Waals surface area (Å²) < 4.78 is 44.1. The third-order valence-corrected chi connectivity index (χ3v) is 7.05. The van der Waals surface area contributed by atoms with E-state index in [9.17, 15) is 22.8 Å². The van der Waals surface area contributed by atoms with Gasteiger partial charge < -0.3 is 25.2 Å². The molecule has 4 rings (SSSR count). The third kappa shape index (κ3) is 6.44. The van der Waals surface area contributed by atoms with Gasteiger partial charge in [-0.05, 0) is 57.4 Å². The average Bonchev–Trinajstić information content (AvgIpc) is 3.34. The number of aliphatic imine (C=N–C) groups is 1. The molecule has 11 heteroatoms. The molecule has 0 spiro atoms. The predicted octanol–water partition coefficient (Wildman–Crippen LogP) is 2.83. The van der Waals surface area contributed by atoms with Crippen molar-refractivity contribution < 1.29 is 27.5 Å². The van der Waals surface area contributed by atoms with E-state index in [2.05, 4.69) is 4.99 Å². The second kappa shape index (κ2) is 11.1. The Kier molecular flexibility index (Phi) is 8.11. The topological polar surface area (TPSA) is 91.5 Å². The van der Waals surface area contributed by atoms with Crippen molar-refractivity contribution in [3.8, 4) is 0 Å². The van der Waals surface area contributed by atoms with Crippen LogP contribution in [0, 0.1) is 0 Å². The molecule has 0 aromatic heterocycles. The molecule has 1 aliphatic carbocycles. The standard InChI is InChI=1S/C26H34F3N5O3/c1-17-15-34(16-18(2)37-17)25(36)24(30)21-4-3-5-22(21)31-14-23(35)33-12-10-32(11-13-33)20-8-6-19(7-9-20)26(27,28)29/h6-9,17-18H,3-5,10-16,30H2,1-2H3/b24-21-,31-22?/t17-,18+. The maximum absolute atomic E-state index is 13.0. The van der Waals surface area contributed by atoms with E-state index in [1.165, 1.54) is 12.1 Å². The summed E-state index contributed by atoms with van der Waals surface area (Å²) in [6.45, 7) is 6.77. The zero-order valence-corrected chi connectivity index (χ0v) is 21.3. The third-order valence-electron chi connectivity index (χ3n) is 7.05. The van der Waals surface area contributed by atoms with Crippen LogP contribution in [-0.2, 0) is 20.5 Å². The predicted molar refractivity (Wildman–Crippen MR) is 134 cm³/mol. The van der Waals surface area contributed by atoms with Gasteiger partial charge in [0.1, 0.15) is 12.2 Å². The van der Waals surface area contributed by atoms with E-state index in [0.29, 0.717) is 57.8 Å². The summed E-state index contributed by atoms with van der Waals surface area (Å²) in [6.07, 6.45) is -2.31. The van der Waals surface area contributed by atoms with Crippen LogP contribution in [0.2, 0.25) is 0 Å². The van der Waals surface area contributed by atoms with Crippen molar-refractivity contribution in [3.63, 3.8) is 0 Å². The maximum atomic E-state index is 13.0. The molecular formula is C26H34F3N5O3. The van der Waals surface area contributed by atoms with Gasteiger partial charge in [0, 0.05) is 56.2 Å². The van der Waals surface area contributed by atoms with Gasteiger partial charge in [0.2, 0.25) is 5.91 Å². The smallest absolute Gasteiger partial charge is 0.394 e. The summed E-state index contributed by atoms with van der Waals surface area (Å²) >= 11 is 0. The normalized spacial score (nSPS) is 25.5. The lowest BCUT2D eigenvalue weighted by Gasteiger charge is -2.36. The van der Waals surface area contributed by atoms with Crippen LogP contribution in [0.15, 0.2) is 40.5 Å².